The van der Waals surface area contributed by atoms with Crippen molar-refractivity contribution in [1.82, 2.24) is 0 Å². The van der Waals surface area contributed by atoms with E-state index in [0.29, 0.717) is 5.75 Å². The van der Waals surface area contributed by atoms with Crippen LogP contribution < -0.4 is 14.4 Å². The van der Waals surface area contributed by atoms with Crippen LogP contribution in [0.25, 0.3) is 0 Å². The first-order valence-electron chi connectivity index (χ1n) is 7.10. The van der Waals surface area contributed by atoms with Gasteiger partial charge in [0.25, 0.3) is 0 Å². The molecule has 0 amide bonds. The minimum absolute atomic E-state index is 0.175. The molecule has 0 saturated heterocycles. The molecule has 1 aliphatic heterocycles. The van der Waals surface area contributed by atoms with E-state index in [1.807, 2.05) is 24.3 Å². The lowest BCUT2D eigenvalue weighted by Crippen LogP contribution is -2.23. The van der Waals surface area contributed by atoms with Crippen LogP contribution in [0.3, 0.4) is 0 Å². The number of benzene rings is 2. The number of phenolic OH excluding ortho intramolecular Hbond substituents is 1. The molecule has 0 aromatic heterocycles. The predicted octanol–water partition coefficient (Wildman–Crippen LogP) is 3.19. The highest BCUT2D eigenvalue weighted by Crippen LogP contribution is 2.33. The van der Waals surface area contributed by atoms with E-state index in [1.165, 1.54) is 0 Å². The Kier molecular flexibility index (Phi) is 3.86. The van der Waals surface area contributed by atoms with Gasteiger partial charge in [-0.2, -0.15) is 0 Å². The summed E-state index contributed by atoms with van der Waals surface area (Å²) in [5, 5.41) is 9.90. The third-order valence-electron chi connectivity index (χ3n) is 3.65. The molecule has 0 aliphatic carbocycles. The number of rotatable bonds is 3. The van der Waals surface area contributed by atoms with Gasteiger partial charge in [-0.15, -0.1) is 0 Å². The molecule has 4 nitrogen and oxygen atoms in total. The molecular weight excluding hydrogens is 266 g/mol. The second-order valence-electron chi connectivity index (χ2n) is 5.10. The summed E-state index contributed by atoms with van der Waals surface area (Å²) >= 11 is 0. The summed E-state index contributed by atoms with van der Waals surface area (Å²) in [4.78, 5) is 2.28. The van der Waals surface area contributed by atoms with E-state index in [-0.39, 0.29) is 5.75 Å². The monoisotopic (exact) mass is 285 g/mol. The summed E-state index contributed by atoms with van der Waals surface area (Å²) in [6.45, 7) is 2.41. The zero-order valence-corrected chi connectivity index (χ0v) is 12.1. The van der Waals surface area contributed by atoms with E-state index >= 15 is 0 Å². The quantitative estimate of drug-likeness (QED) is 0.940. The second kappa shape index (κ2) is 5.95. The molecule has 0 saturated carbocycles. The van der Waals surface area contributed by atoms with E-state index in [1.54, 1.807) is 19.2 Å². The smallest absolute Gasteiger partial charge is 0.160 e. The highest BCUT2D eigenvalue weighted by Gasteiger charge is 2.16. The number of phenols is 1. The van der Waals surface area contributed by atoms with E-state index in [0.717, 1.165) is 43.1 Å². The Bertz CT molecular complexity index is 627. The molecule has 4 heteroatoms. The molecule has 1 aliphatic rings. The van der Waals surface area contributed by atoms with E-state index in [9.17, 15) is 5.11 Å². The summed E-state index contributed by atoms with van der Waals surface area (Å²) in [5.74, 6) is 1.60. The summed E-state index contributed by atoms with van der Waals surface area (Å²) < 4.78 is 10.8. The number of aromatic hydroxyl groups is 1. The zero-order chi connectivity index (χ0) is 14.7. The molecule has 0 unspecified atom stereocenters. The molecule has 0 fully saturated rings. The minimum Gasteiger partial charge on any atom is -0.504 e. The van der Waals surface area contributed by atoms with Crippen LogP contribution in [-0.2, 0) is 6.54 Å². The Hall–Kier alpha value is -2.36. The van der Waals surface area contributed by atoms with E-state index in [2.05, 4.69) is 11.0 Å². The van der Waals surface area contributed by atoms with Gasteiger partial charge in [-0.3, -0.25) is 0 Å². The van der Waals surface area contributed by atoms with Crippen LogP contribution in [0.5, 0.6) is 17.2 Å². The van der Waals surface area contributed by atoms with Gasteiger partial charge in [0.15, 0.2) is 11.5 Å². The van der Waals surface area contributed by atoms with Gasteiger partial charge in [0.05, 0.1) is 19.4 Å². The Balaban J connectivity index is 1.86. The van der Waals surface area contributed by atoms with Crippen molar-refractivity contribution in [3.05, 3.63) is 48.0 Å². The minimum atomic E-state index is 0.175. The average Bonchev–Trinajstić information content (AvgIpc) is 2.70. The maximum Gasteiger partial charge on any atom is 0.160 e. The van der Waals surface area contributed by atoms with Crippen molar-refractivity contribution >= 4 is 5.69 Å². The van der Waals surface area contributed by atoms with Crippen molar-refractivity contribution in [2.75, 3.05) is 25.2 Å². The molecule has 2 aromatic rings. The topological polar surface area (TPSA) is 41.9 Å². The van der Waals surface area contributed by atoms with Crippen LogP contribution in [-0.4, -0.2) is 25.4 Å². The molecule has 21 heavy (non-hydrogen) atoms. The van der Waals surface area contributed by atoms with Crippen molar-refractivity contribution in [3.8, 4) is 17.2 Å². The van der Waals surface area contributed by atoms with Crippen molar-refractivity contribution in [2.24, 2.45) is 0 Å². The van der Waals surface area contributed by atoms with Crippen LogP contribution in [0.2, 0.25) is 0 Å². The van der Waals surface area contributed by atoms with Gasteiger partial charge in [-0.05, 0) is 36.2 Å². The molecule has 1 N–H and O–H groups in total. The van der Waals surface area contributed by atoms with Gasteiger partial charge in [-0.25, -0.2) is 0 Å². The highest BCUT2D eigenvalue weighted by atomic mass is 16.5. The Morgan fingerprint density at radius 1 is 1.24 bits per heavy atom. The van der Waals surface area contributed by atoms with Gasteiger partial charge in [0.1, 0.15) is 5.75 Å². The standard InChI is InChI=1S/C17H19NO3/c1-20-17-8-7-13(11-15(17)19)12-18-9-4-10-21-16-6-3-2-5-14(16)18/h2-3,5-8,11,19H,4,9-10,12H2,1H3. The van der Waals surface area contributed by atoms with E-state index in [4.69, 9.17) is 9.47 Å². The number of fused-ring (bicyclic) bond motifs is 1. The maximum atomic E-state index is 9.90. The largest absolute Gasteiger partial charge is 0.504 e. The lowest BCUT2D eigenvalue weighted by atomic mass is 10.1. The molecule has 3 rings (SSSR count). The normalized spacial score (nSPS) is 14.0. The number of anilines is 1. The van der Waals surface area contributed by atoms with Crippen molar-refractivity contribution < 1.29 is 14.6 Å². The molecule has 110 valence electrons. The van der Waals surface area contributed by atoms with Crippen LogP contribution >= 0.6 is 0 Å². The van der Waals surface area contributed by atoms with Gasteiger partial charge in [0, 0.05) is 13.1 Å². The molecular formula is C17H19NO3. The Morgan fingerprint density at radius 2 is 2.10 bits per heavy atom. The molecule has 0 bridgehead atoms. The number of hydrogen-bond acceptors (Lipinski definition) is 4. The predicted molar refractivity (Wildman–Crippen MR) is 82.3 cm³/mol. The molecule has 0 radical (unpaired) electrons. The number of methoxy groups -OCH3 is 1. The summed E-state index contributed by atoms with van der Waals surface area (Å²) in [5.41, 5.74) is 2.15. The number of ether oxygens (including phenoxy) is 2. The van der Waals surface area contributed by atoms with Crippen LogP contribution in [0.1, 0.15) is 12.0 Å². The fraction of sp³-hybridized carbons (Fsp3) is 0.294. The first-order valence-corrected chi connectivity index (χ1v) is 7.10. The van der Waals surface area contributed by atoms with Crippen LogP contribution in [0, 0.1) is 0 Å². The molecule has 0 atom stereocenters. The van der Waals surface area contributed by atoms with Gasteiger partial charge >= 0.3 is 0 Å². The SMILES string of the molecule is COc1ccc(CN2CCCOc3ccccc32)cc1O. The first-order chi connectivity index (χ1) is 10.3. The molecule has 0 spiro atoms. The third-order valence-corrected chi connectivity index (χ3v) is 3.65. The maximum absolute atomic E-state index is 9.90. The fourth-order valence-electron chi connectivity index (χ4n) is 2.62. The molecule has 1 heterocycles. The fourth-order valence-corrected chi connectivity index (χ4v) is 2.62. The Labute approximate surface area is 124 Å². The van der Waals surface area contributed by atoms with Gasteiger partial charge in [0.2, 0.25) is 0 Å². The number of nitrogens with zero attached hydrogens (tertiary/aromatic N) is 1. The summed E-state index contributed by atoms with van der Waals surface area (Å²) in [6.07, 6.45) is 0.983. The highest BCUT2D eigenvalue weighted by molar-refractivity contribution is 5.59. The van der Waals surface area contributed by atoms with Crippen LogP contribution in [0.15, 0.2) is 42.5 Å². The van der Waals surface area contributed by atoms with Gasteiger partial charge < -0.3 is 19.5 Å². The zero-order valence-electron chi connectivity index (χ0n) is 12.1. The summed E-state index contributed by atoms with van der Waals surface area (Å²) in [6, 6.07) is 13.6. The van der Waals surface area contributed by atoms with Gasteiger partial charge in [-0.1, -0.05) is 18.2 Å². The Morgan fingerprint density at radius 3 is 2.90 bits per heavy atom. The lowest BCUT2D eigenvalue weighted by molar-refractivity contribution is 0.322. The van der Waals surface area contributed by atoms with E-state index < -0.39 is 0 Å². The average molecular weight is 285 g/mol. The third kappa shape index (κ3) is 2.89. The first kappa shape index (κ1) is 13.6. The molecule has 2 aromatic carbocycles. The van der Waals surface area contributed by atoms with Crippen molar-refractivity contribution in [3.63, 3.8) is 0 Å². The van der Waals surface area contributed by atoms with Crippen molar-refractivity contribution in [2.45, 2.75) is 13.0 Å². The van der Waals surface area contributed by atoms with Crippen molar-refractivity contribution in [1.29, 1.82) is 0 Å². The number of para-hydroxylation sites is 2. The van der Waals surface area contributed by atoms with Crippen LogP contribution in [0.4, 0.5) is 5.69 Å². The summed E-state index contributed by atoms with van der Waals surface area (Å²) in [7, 11) is 1.55. The number of hydrogen-bond donors (Lipinski definition) is 1. The lowest BCUT2D eigenvalue weighted by Gasteiger charge is -2.24. The second-order valence-corrected chi connectivity index (χ2v) is 5.10.